The molecule has 1 aromatic rings. The Balaban J connectivity index is 2.60. The fourth-order valence-electron chi connectivity index (χ4n) is 1.40. The van der Waals surface area contributed by atoms with Crippen LogP contribution < -0.4 is 5.32 Å². The summed E-state index contributed by atoms with van der Waals surface area (Å²) in [5.74, 6) is -0.128. The Hall–Kier alpha value is -1.06. The Morgan fingerprint density at radius 1 is 1.44 bits per heavy atom. The first kappa shape index (κ1) is 13.0. The standard InChI is InChI=1S/C12H16ClNO2/c1-2-11(7-8-15)14-12(16)9-3-5-10(13)6-4-9/h3-6,11,15H,2,7-8H2,1H3,(H,14,16). The van der Waals surface area contributed by atoms with Crippen LogP contribution in [-0.2, 0) is 0 Å². The molecule has 1 unspecified atom stereocenters. The molecule has 0 aromatic heterocycles. The minimum atomic E-state index is -0.128. The minimum Gasteiger partial charge on any atom is -0.396 e. The number of hydrogen-bond acceptors (Lipinski definition) is 2. The van der Waals surface area contributed by atoms with E-state index in [-0.39, 0.29) is 18.6 Å². The lowest BCUT2D eigenvalue weighted by Crippen LogP contribution is -2.34. The number of rotatable bonds is 5. The average molecular weight is 242 g/mol. The maximum absolute atomic E-state index is 11.8. The van der Waals surface area contributed by atoms with E-state index in [9.17, 15) is 4.79 Å². The SMILES string of the molecule is CCC(CCO)NC(=O)c1ccc(Cl)cc1. The maximum Gasteiger partial charge on any atom is 0.251 e. The van der Waals surface area contributed by atoms with Gasteiger partial charge in [-0.15, -0.1) is 0 Å². The third kappa shape index (κ3) is 3.83. The van der Waals surface area contributed by atoms with Crippen molar-refractivity contribution in [3.8, 4) is 0 Å². The molecule has 0 aliphatic heterocycles. The molecule has 3 nitrogen and oxygen atoms in total. The largest absolute Gasteiger partial charge is 0.396 e. The van der Waals surface area contributed by atoms with E-state index in [1.165, 1.54) is 0 Å². The van der Waals surface area contributed by atoms with E-state index < -0.39 is 0 Å². The van der Waals surface area contributed by atoms with Crippen LogP contribution in [0.3, 0.4) is 0 Å². The van der Waals surface area contributed by atoms with Crippen molar-refractivity contribution < 1.29 is 9.90 Å². The Labute approximate surface area is 100 Å². The van der Waals surface area contributed by atoms with Crippen LogP contribution in [0.1, 0.15) is 30.1 Å². The van der Waals surface area contributed by atoms with Crippen LogP contribution in [0.2, 0.25) is 5.02 Å². The number of benzene rings is 1. The lowest BCUT2D eigenvalue weighted by molar-refractivity contribution is 0.0929. The van der Waals surface area contributed by atoms with E-state index in [4.69, 9.17) is 16.7 Å². The molecule has 1 atom stereocenters. The number of aliphatic hydroxyl groups is 1. The Kier molecular flexibility index (Phi) is 5.29. The summed E-state index contributed by atoms with van der Waals surface area (Å²) in [6.45, 7) is 2.06. The molecule has 0 saturated carbocycles. The van der Waals surface area contributed by atoms with Crippen LogP contribution >= 0.6 is 11.6 Å². The summed E-state index contributed by atoms with van der Waals surface area (Å²) in [5, 5.41) is 12.3. The predicted octanol–water partition coefficient (Wildman–Crippen LogP) is 2.23. The summed E-state index contributed by atoms with van der Waals surface area (Å²) in [4.78, 5) is 11.8. The van der Waals surface area contributed by atoms with Gasteiger partial charge in [0.05, 0.1) is 0 Å². The number of halogens is 1. The van der Waals surface area contributed by atoms with Crippen molar-refractivity contribution in [2.45, 2.75) is 25.8 Å². The molecule has 0 heterocycles. The van der Waals surface area contributed by atoms with Crippen molar-refractivity contribution in [3.63, 3.8) is 0 Å². The molecule has 0 aliphatic carbocycles. The van der Waals surface area contributed by atoms with E-state index in [0.29, 0.717) is 17.0 Å². The topological polar surface area (TPSA) is 49.3 Å². The van der Waals surface area contributed by atoms with Gasteiger partial charge in [-0.05, 0) is 37.1 Å². The number of nitrogens with one attached hydrogen (secondary N) is 1. The molecule has 0 bridgehead atoms. The Morgan fingerprint density at radius 3 is 2.56 bits per heavy atom. The van der Waals surface area contributed by atoms with E-state index in [2.05, 4.69) is 5.32 Å². The molecule has 1 aromatic carbocycles. The Morgan fingerprint density at radius 2 is 2.06 bits per heavy atom. The molecule has 0 spiro atoms. The van der Waals surface area contributed by atoms with E-state index in [0.717, 1.165) is 6.42 Å². The first-order valence-electron chi connectivity index (χ1n) is 5.34. The highest BCUT2D eigenvalue weighted by Crippen LogP contribution is 2.10. The fourth-order valence-corrected chi connectivity index (χ4v) is 1.53. The third-order valence-corrected chi connectivity index (χ3v) is 2.66. The highest BCUT2D eigenvalue weighted by molar-refractivity contribution is 6.30. The highest BCUT2D eigenvalue weighted by Gasteiger charge is 2.11. The number of aliphatic hydroxyl groups excluding tert-OH is 1. The number of carbonyl (C=O) groups excluding carboxylic acids is 1. The second-order valence-corrected chi connectivity index (χ2v) is 4.03. The summed E-state index contributed by atoms with van der Waals surface area (Å²) >= 11 is 5.73. The predicted molar refractivity (Wildman–Crippen MR) is 64.7 cm³/mol. The lowest BCUT2D eigenvalue weighted by atomic mass is 10.1. The van der Waals surface area contributed by atoms with Gasteiger partial charge in [-0.1, -0.05) is 18.5 Å². The van der Waals surface area contributed by atoms with Crippen molar-refractivity contribution >= 4 is 17.5 Å². The number of amides is 1. The lowest BCUT2D eigenvalue weighted by Gasteiger charge is -2.15. The van der Waals surface area contributed by atoms with E-state index in [1.54, 1.807) is 24.3 Å². The van der Waals surface area contributed by atoms with Gasteiger partial charge in [0.1, 0.15) is 0 Å². The van der Waals surface area contributed by atoms with Crippen LogP contribution in [0.25, 0.3) is 0 Å². The molecule has 0 radical (unpaired) electrons. The Bertz CT molecular complexity index is 337. The van der Waals surface area contributed by atoms with E-state index >= 15 is 0 Å². The molecule has 0 fully saturated rings. The van der Waals surface area contributed by atoms with Crippen molar-refractivity contribution in [2.75, 3.05) is 6.61 Å². The molecule has 0 saturated heterocycles. The van der Waals surface area contributed by atoms with Crippen molar-refractivity contribution in [3.05, 3.63) is 34.9 Å². The van der Waals surface area contributed by atoms with Crippen LogP contribution in [0.4, 0.5) is 0 Å². The maximum atomic E-state index is 11.8. The van der Waals surface area contributed by atoms with Crippen LogP contribution in [-0.4, -0.2) is 23.7 Å². The molecule has 2 N–H and O–H groups in total. The van der Waals surface area contributed by atoms with Crippen molar-refractivity contribution in [2.24, 2.45) is 0 Å². The highest BCUT2D eigenvalue weighted by atomic mass is 35.5. The molecule has 1 amide bonds. The molecule has 0 aliphatic rings. The normalized spacial score (nSPS) is 12.2. The molecule has 1 rings (SSSR count). The zero-order valence-electron chi connectivity index (χ0n) is 9.24. The van der Waals surface area contributed by atoms with Gasteiger partial charge in [0, 0.05) is 23.2 Å². The second-order valence-electron chi connectivity index (χ2n) is 3.60. The van der Waals surface area contributed by atoms with Gasteiger partial charge in [0.2, 0.25) is 0 Å². The summed E-state index contributed by atoms with van der Waals surface area (Å²) < 4.78 is 0. The zero-order chi connectivity index (χ0) is 12.0. The molecular formula is C12H16ClNO2. The molecule has 88 valence electrons. The van der Waals surface area contributed by atoms with Gasteiger partial charge in [0.15, 0.2) is 0 Å². The van der Waals surface area contributed by atoms with Crippen LogP contribution in [0.15, 0.2) is 24.3 Å². The number of carbonyl (C=O) groups is 1. The molecule has 4 heteroatoms. The van der Waals surface area contributed by atoms with Crippen molar-refractivity contribution in [1.29, 1.82) is 0 Å². The summed E-state index contributed by atoms with van der Waals surface area (Å²) in [7, 11) is 0. The van der Waals surface area contributed by atoms with E-state index in [1.807, 2.05) is 6.92 Å². The number of hydrogen-bond donors (Lipinski definition) is 2. The molecular weight excluding hydrogens is 226 g/mol. The first-order chi connectivity index (χ1) is 7.67. The molecule has 16 heavy (non-hydrogen) atoms. The zero-order valence-corrected chi connectivity index (χ0v) is 10.00. The fraction of sp³-hybridized carbons (Fsp3) is 0.417. The summed E-state index contributed by atoms with van der Waals surface area (Å²) in [5.41, 5.74) is 0.584. The smallest absolute Gasteiger partial charge is 0.251 e. The van der Waals surface area contributed by atoms with Crippen LogP contribution in [0.5, 0.6) is 0 Å². The quantitative estimate of drug-likeness (QED) is 0.831. The minimum absolute atomic E-state index is 0.0215. The summed E-state index contributed by atoms with van der Waals surface area (Å²) in [6.07, 6.45) is 1.38. The monoisotopic (exact) mass is 241 g/mol. The van der Waals surface area contributed by atoms with Crippen LogP contribution in [0, 0.1) is 0 Å². The summed E-state index contributed by atoms with van der Waals surface area (Å²) in [6, 6.07) is 6.76. The van der Waals surface area contributed by atoms with Gasteiger partial charge >= 0.3 is 0 Å². The average Bonchev–Trinajstić information content (AvgIpc) is 2.29. The first-order valence-corrected chi connectivity index (χ1v) is 5.72. The third-order valence-electron chi connectivity index (χ3n) is 2.41. The second kappa shape index (κ2) is 6.51. The van der Waals surface area contributed by atoms with Gasteiger partial charge < -0.3 is 10.4 Å². The van der Waals surface area contributed by atoms with Gasteiger partial charge in [-0.3, -0.25) is 4.79 Å². The van der Waals surface area contributed by atoms with Crippen molar-refractivity contribution in [1.82, 2.24) is 5.32 Å². The van der Waals surface area contributed by atoms with Gasteiger partial charge in [-0.25, -0.2) is 0 Å². The van der Waals surface area contributed by atoms with Gasteiger partial charge in [0.25, 0.3) is 5.91 Å². The van der Waals surface area contributed by atoms with Gasteiger partial charge in [-0.2, -0.15) is 0 Å².